The predicted octanol–water partition coefficient (Wildman–Crippen LogP) is 2.95. The second-order valence-corrected chi connectivity index (χ2v) is 8.11. The zero-order valence-electron chi connectivity index (χ0n) is 16.4. The van der Waals surface area contributed by atoms with Gasteiger partial charge in [0.1, 0.15) is 0 Å². The molecule has 2 aromatic rings. The zero-order chi connectivity index (χ0) is 19.3. The molecule has 2 N–H and O–H groups in total. The monoisotopic (exact) mass is 384 g/mol. The summed E-state index contributed by atoms with van der Waals surface area (Å²) >= 11 is 0. The minimum atomic E-state index is -0.674. The Labute approximate surface area is 165 Å². The minimum Gasteiger partial charge on any atom is -0.361 e. The average Bonchev–Trinajstić information content (AvgIpc) is 3.14. The number of fused-ring (bicyclic) bond motifs is 2. The Morgan fingerprint density at radius 3 is 3.00 bits per heavy atom. The molecule has 6 atom stereocenters. The van der Waals surface area contributed by atoms with E-state index in [1.165, 1.54) is 16.5 Å². The molecule has 0 spiro atoms. The Bertz CT molecular complexity index is 880. The van der Waals surface area contributed by atoms with Gasteiger partial charge in [0.05, 0.1) is 5.92 Å². The van der Waals surface area contributed by atoms with Gasteiger partial charge in [-0.05, 0) is 42.5 Å². The number of aromatic nitrogens is 1. The van der Waals surface area contributed by atoms with Crippen LogP contribution in [0, 0.1) is 11.8 Å². The van der Waals surface area contributed by atoms with Gasteiger partial charge >= 0.3 is 0 Å². The SMILES string of the molecule is C=C1C2O[C@@H](OC)C3C1CC(NCCc1c[nH]c4ccccc14)CC3(OC)O2. The molecule has 4 fully saturated rings. The van der Waals surface area contributed by atoms with E-state index in [0.717, 1.165) is 31.4 Å². The number of H-pyrrole nitrogens is 1. The summed E-state index contributed by atoms with van der Waals surface area (Å²) in [4.78, 5) is 3.35. The maximum absolute atomic E-state index is 6.21. The van der Waals surface area contributed by atoms with Crippen LogP contribution in [0.15, 0.2) is 42.6 Å². The number of rotatable bonds is 6. The summed E-state index contributed by atoms with van der Waals surface area (Å²) in [6, 6.07) is 8.74. The average molecular weight is 384 g/mol. The fraction of sp³-hybridized carbons (Fsp3) is 0.545. The van der Waals surface area contributed by atoms with Crippen LogP contribution in [0.25, 0.3) is 10.9 Å². The summed E-state index contributed by atoms with van der Waals surface area (Å²) in [6.45, 7) is 5.15. The lowest BCUT2D eigenvalue weighted by molar-refractivity contribution is -0.445. The van der Waals surface area contributed by atoms with Crippen molar-refractivity contribution in [1.82, 2.24) is 10.3 Å². The van der Waals surface area contributed by atoms with Crippen LogP contribution in [0.3, 0.4) is 0 Å². The predicted molar refractivity (Wildman–Crippen MR) is 106 cm³/mol. The van der Waals surface area contributed by atoms with E-state index < -0.39 is 12.1 Å². The fourth-order valence-corrected chi connectivity index (χ4v) is 5.36. The van der Waals surface area contributed by atoms with Crippen molar-refractivity contribution < 1.29 is 18.9 Å². The van der Waals surface area contributed by atoms with Crippen LogP contribution in [0.2, 0.25) is 0 Å². The van der Waals surface area contributed by atoms with Crippen molar-refractivity contribution >= 4 is 10.9 Å². The van der Waals surface area contributed by atoms with Gasteiger partial charge in [-0.1, -0.05) is 24.8 Å². The number of hydrogen-bond acceptors (Lipinski definition) is 5. The number of aromatic amines is 1. The fourth-order valence-electron chi connectivity index (χ4n) is 5.36. The van der Waals surface area contributed by atoms with Gasteiger partial charge in [-0.3, -0.25) is 0 Å². The van der Waals surface area contributed by atoms with E-state index in [4.69, 9.17) is 18.9 Å². The lowest BCUT2D eigenvalue weighted by Gasteiger charge is -2.61. The first-order valence-corrected chi connectivity index (χ1v) is 10.0. The van der Waals surface area contributed by atoms with Crippen molar-refractivity contribution in [2.45, 2.75) is 43.7 Å². The summed E-state index contributed by atoms with van der Waals surface area (Å²) in [5.41, 5.74) is 3.54. The molecule has 150 valence electrons. The highest BCUT2D eigenvalue weighted by atomic mass is 16.8. The molecule has 0 amide bonds. The number of para-hydroxylation sites is 1. The van der Waals surface area contributed by atoms with Gasteiger partial charge < -0.3 is 29.2 Å². The summed E-state index contributed by atoms with van der Waals surface area (Å²) in [7, 11) is 3.41. The van der Waals surface area contributed by atoms with E-state index >= 15 is 0 Å². The topological polar surface area (TPSA) is 64.7 Å². The number of nitrogens with one attached hydrogen (secondary N) is 2. The third-order valence-corrected chi connectivity index (χ3v) is 6.73. The molecule has 5 unspecified atom stereocenters. The van der Waals surface area contributed by atoms with E-state index in [1.54, 1.807) is 14.2 Å². The van der Waals surface area contributed by atoms with Crippen LogP contribution < -0.4 is 5.32 Å². The molecule has 1 aliphatic carbocycles. The molecule has 4 bridgehead atoms. The van der Waals surface area contributed by atoms with Crippen molar-refractivity contribution in [3.05, 3.63) is 48.2 Å². The van der Waals surface area contributed by atoms with Crippen LogP contribution in [0.1, 0.15) is 18.4 Å². The van der Waals surface area contributed by atoms with Gasteiger partial charge in [0.15, 0.2) is 18.4 Å². The van der Waals surface area contributed by atoms with Crippen LogP contribution in [0.4, 0.5) is 0 Å². The molecule has 6 rings (SSSR count). The normalized spacial score (nSPS) is 36.9. The van der Waals surface area contributed by atoms with E-state index in [1.807, 2.05) is 0 Å². The molecule has 1 saturated carbocycles. The lowest BCUT2D eigenvalue weighted by Crippen LogP contribution is -2.69. The molecule has 6 nitrogen and oxygen atoms in total. The van der Waals surface area contributed by atoms with Crippen LogP contribution in [-0.4, -0.2) is 50.2 Å². The van der Waals surface area contributed by atoms with Gasteiger partial charge in [-0.2, -0.15) is 0 Å². The first kappa shape index (κ1) is 18.3. The molecule has 3 saturated heterocycles. The third kappa shape index (κ3) is 2.75. The van der Waals surface area contributed by atoms with Crippen LogP contribution >= 0.6 is 0 Å². The Hall–Kier alpha value is -1.70. The molecule has 1 aromatic carbocycles. The molecular formula is C22H28N2O4. The van der Waals surface area contributed by atoms with Crippen LogP contribution in [0.5, 0.6) is 0 Å². The van der Waals surface area contributed by atoms with Crippen molar-refractivity contribution in [3.8, 4) is 0 Å². The molecule has 3 aliphatic heterocycles. The molecule has 4 heterocycles. The molecular weight excluding hydrogens is 356 g/mol. The van der Waals surface area contributed by atoms with Gasteiger partial charge in [0, 0.05) is 43.8 Å². The Morgan fingerprint density at radius 2 is 2.18 bits per heavy atom. The standard InChI is InChI=1S/C22H28N2O4/c1-13-17-10-15(11-22(26-3)19(17)21(25-2)27-20(13)28-22)23-9-8-14-12-24-18-7-5-4-6-16(14)18/h4-7,12,15,17,19-21,23-24H,1,8-11H2,2-3H3/t15?,17?,19?,20?,21-,22?/m1/s1. The minimum absolute atomic E-state index is 0.0201. The zero-order valence-corrected chi connectivity index (χ0v) is 16.4. The number of ether oxygens (including phenoxy) is 4. The molecule has 1 aromatic heterocycles. The second-order valence-electron chi connectivity index (χ2n) is 8.11. The molecule has 28 heavy (non-hydrogen) atoms. The van der Waals surface area contributed by atoms with Crippen molar-refractivity contribution in [3.63, 3.8) is 0 Å². The number of benzene rings is 1. The van der Waals surface area contributed by atoms with Gasteiger partial charge in [0.2, 0.25) is 0 Å². The molecule has 0 radical (unpaired) electrons. The maximum atomic E-state index is 6.21. The summed E-state index contributed by atoms with van der Waals surface area (Å²) < 4.78 is 23.6. The molecule has 6 heteroatoms. The highest BCUT2D eigenvalue weighted by Gasteiger charge is 2.64. The van der Waals surface area contributed by atoms with E-state index in [0.29, 0.717) is 6.04 Å². The maximum Gasteiger partial charge on any atom is 0.186 e. The van der Waals surface area contributed by atoms with E-state index in [-0.39, 0.29) is 18.1 Å². The third-order valence-electron chi connectivity index (χ3n) is 6.73. The second kappa shape index (κ2) is 6.97. The number of hydrogen-bond donors (Lipinski definition) is 2. The summed E-state index contributed by atoms with van der Waals surface area (Å²) in [6.07, 6.45) is 4.14. The number of methoxy groups -OCH3 is 2. The smallest absolute Gasteiger partial charge is 0.186 e. The summed E-state index contributed by atoms with van der Waals surface area (Å²) in [5, 5.41) is 5.03. The van der Waals surface area contributed by atoms with Crippen LogP contribution in [-0.2, 0) is 25.4 Å². The molecule has 4 aliphatic rings. The quantitative estimate of drug-likeness (QED) is 0.750. The lowest BCUT2D eigenvalue weighted by atomic mass is 9.66. The van der Waals surface area contributed by atoms with E-state index in [2.05, 4.69) is 47.3 Å². The van der Waals surface area contributed by atoms with Crippen molar-refractivity contribution in [2.75, 3.05) is 20.8 Å². The highest BCUT2D eigenvalue weighted by molar-refractivity contribution is 5.83. The Morgan fingerprint density at radius 1 is 1.32 bits per heavy atom. The Balaban J connectivity index is 1.28. The first-order chi connectivity index (χ1) is 13.6. The van der Waals surface area contributed by atoms with E-state index in [9.17, 15) is 0 Å². The summed E-state index contributed by atoms with van der Waals surface area (Å²) in [5.74, 6) is -0.380. The van der Waals surface area contributed by atoms with Gasteiger partial charge in [0.25, 0.3) is 0 Å². The Kier molecular flexibility index (Phi) is 4.56. The largest absolute Gasteiger partial charge is 0.361 e. The van der Waals surface area contributed by atoms with Gasteiger partial charge in [-0.15, -0.1) is 0 Å². The van der Waals surface area contributed by atoms with Crippen molar-refractivity contribution in [1.29, 1.82) is 0 Å². The highest BCUT2D eigenvalue weighted by Crippen LogP contribution is 2.56. The van der Waals surface area contributed by atoms with Crippen molar-refractivity contribution in [2.24, 2.45) is 11.8 Å². The first-order valence-electron chi connectivity index (χ1n) is 10.0. The van der Waals surface area contributed by atoms with Gasteiger partial charge in [-0.25, -0.2) is 0 Å².